The van der Waals surface area contributed by atoms with E-state index in [1.165, 1.54) is 18.3 Å². The fourth-order valence-electron chi connectivity index (χ4n) is 4.73. The molecule has 0 spiro atoms. The highest BCUT2D eigenvalue weighted by atomic mass is 16.6. The number of fused-ring (bicyclic) bond motifs is 1. The van der Waals surface area contributed by atoms with Crippen LogP contribution in [0.1, 0.15) is 18.4 Å². The van der Waals surface area contributed by atoms with Crippen molar-refractivity contribution in [2.45, 2.75) is 25.6 Å². The molecule has 0 bridgehead atoms. The summed E-state index contributed by atoms with van der Waals surface area (Å²) >= 11 is 0. The van der Waals surface area contributed by atoms with Gasteiger partial charge in [0.15, 0.2) is 0 Å². The third-order valence-corrected chi connectivity index (χ3v) is 6.74. The Morgan fingerprint density at radius 2 is 1.70 bits per heavy atom. The van der Waals surface area contributed by atoms with Gasteiger partial charge < -0.3 is 34.8 Å². The van der Waals surface area contributed by atoms with E-state index in [0.29, 0.717) is 21.9 Å². The summed E-state index contributed by atoms with van der Waals surface area (Å²) in [4.78, 5) is 40.4. The second-order valence-electron chi connectivity index (χ2n) is 9.82. The maximum Gasteiger partial charge on any atom is 0.507 e. The first kappa shape index (κ1) is 28.9. The summed E-state index contributed by atoms with van der Waals surface area (Å²) in [6, 6.07) is 28.2. The van der Waals surface area contributed by atoms with E-state index in [1.54, 1.807) is 24.3 Å². The lowest BCUT2D eigenvalue weighted by molar-refractivity contribution is -0.591. The monoisotopic (exact) mass is 581 g/mol. The largest absolute Gasteiger partial charge is 0.711 e. The minimum Gasteiger partial charge on any atom is -0.711 e. The van der Waals surface area contributed by atoms with Crippen molar-refractivity contribution in [3.05, 3.63) is 114 Å². The molecule has 1 aromatic heterocycles. The van der Waals surface area contributed by atoms with E-state index < -0.39 is 24.1 Å². The number of nitrogens with one attached hydrogen (secondary N) is 1. The van der Waals surface area contributed by atoms with E-state index >= 15 is 0 Å². The van der Waals surface area contributed by atoms with E-state index in [1.807, 2.05) is 65.6 Å². The number of ether oxygens (including phenoxy) is 2. The lowest BCUT2D eigenvalue weighted by Gasteiger charge is -2.36. The van der Waals surface area contributed by atoms with E-state index in [-0.39, 0.29) is 38.4 Å². The number of amides is 2. The molecule has 2 heterocycles. The van der Waals surface area contributed by atoms with Crippen molar-refractivity contribution in [3.8, 4) is 5.75 Å². The minimum atomic E-state index is -1.21. The molecular formula is C32H29N4O7-. The maximum absolute atomic E-state index is 13.0. The summed E-state index contributed by atoms with van der Waals surface area (Å²) in [7, 11) is 0. The lowest BCUT2D eigenvalue weighted by atomic mass is 10.1. The number of carboxylic acids is 1. The molecule has 0 saturated carbocycles. The molecule has 11 nitrogen and oxygen atoms in total. The summed E-state index contributed by atoms with van der Waals surface area (Å²) in [5, 5.41) is 26.5. The molecule has 0 aliphatic carbocycles. The predicted molar refractivity (Wildman–Crippen MR) is 157 cm³/mol. The van der Waals surface area contributed by atoms with Crippen LogP contribution >= 0.6 is 0 Å². The van der Waals surface area contributed by atoms with Crippen molar-refractivity contribution in [2.24, 2.45) is 0 Å². The molecule has 1 atom stereocenters. The van der Waals surface area contributed by atoms with Gasteiger partial charge in [-0.3, -0.25) is 4.79 Å². The molecule has 1 N–H and O–H groups in total. The van der Waals surface area contributed by atoms with Gasteiger partial charge in [0.2, 0.25) is 5.91 Å². The molecule has 0 fully saturated rings. The van der Waals surface area contributed by atoms with Crippen LogP contribution in [0.25, 0.3) is 0 Å². The molecule has 43 heavy (non-hydrogen) atoms. The van der Waals surface area contributed by atoms with Gasteiger partial charge in [-0.05, 0) is 42.0 Å². The Morgan fingerprint density at radius 3 is 2.42 bits per heavy atom. The highest BCUT2D eigenvalue weighted by Crippen LogP contribution is 2.40. The van der Waals surface area contributed by atoms with Gasteiger partial charge in [-0.2, -0.15) is 9.69 Å². The van der Waals surface area contributed by atoms with Crippen molar-refractivity contribution in [2.75, 3.05) is 28.2 Å². The van der Waals surface area contributed by atoms with Crippen molar-refractivity contribution < 1.29 is 33.7 Å². The van der Waals surface area contributed by atoms with Crippen LogP contribution in [0.4, 0.5) is 27.7 Å². The molecule has 0 radical (unpaired) electrons. The van der Waals surface area contributed by atoms with Crippen LogP contribution in [0.3, 0.4) is 0 Å². The van der Waals surface area contributed by atoms with Gasteiger partial charge in [0, 0.05) is 29.8 Å². The number of aromatic nitrogens is 1. The number of aliphatic carboxylic acids is 1. The molecule has 2 amide bonds. The van der Waals surface area contributed by atoms with Gasteiger partial charge in [-0.15, -0.1) is 0 Å². The third kappa shape index (κ3) is 7.39. The minimum absolute atomic E-state index is 0.00695. The van der Waals surface area contributed by atoms with Gasteiger partial charge >= 0.3 is 6.09 Å². The average molecular weight is 582 g/mol. The quantitative estimate of drug-likeness (QED) is 0.222. The number of anilines is 4. The lowest BCUT2D eigenvalue weighted by Crippen LogP contribution is -2.43. The van der Waals surface area contributed by atoms with Crippen LogP contribution in [0.5, 0.6) is 5.75 Å². The molecule has 0 saturated heterocycles. The number of carbonyl (C=O) groups is 3. The zero-order chi connectivity index (χ0) is 30.2. The Kier molecular flexibility index (Phi) is 9.01. The molecule has 1 aliphatic rings. The Bertz CT molecular complexity index is 1580. The summed E-state index contributed by atoms with van der Waals surface area (Å²) in [5.41, 5.74) is 2.74. The van der Waals surface area contributed by atoms with Crippen LogP contribution in [0, 0.1) is 5.21 Å². The van der Waals surface area contributed by atoms with Crippen molar-refractivity contribution in [1.82, 2.24) is 0 Å². The fourth-order valence-corrected chi connectivity index (χ4v) is 4.73. The fraction of sp³-hybridized carbons (Fsp3) is 0.188. The first-order chi connectivity index (χ1) is 20.9. The first-order valence-corrected chi connectivity index (χ1v) is 13.7. The molecule has 220 valence electrons. The molecule has 1 aliphatic heterocycles. The van der Waals surface area contributed by atoms with Gasteiger partial charge in [0.05, 0.1) is 24.8 Å². The number of para-hydroxylation sites is 1. The Morgan fingerprint density at radius 1 is 0.977 bits per heavy atom. The smallest absolute Gasteiger partial charge is 0.507 e. The van der Waals surface area contributed by atoms with Crippen LogP contribution in [-0.4, -0.2) is 37.2 Å². The number of nitrogens with zero attached hydrogens (tertiary/aromatic N) is 3. The predicted octanol–water partition coefficient (Wildman–Crippen LogP) is 3.53. The Hall–Kier alpha value is -5.58. The molecule has 5 rings (SSSR count). The summed E-state index contributed by atoms with van der Waals surface area (Å²) < 4.78 is 11.9. The number of benzene rings is 3. The summed E-state index contributed by atoms with van der Waals surface area (Å²) in [6.45, 7) is 0.169. The van der Waals surface area contributed by atoms with Gasteiger partial charge in [0.1, 0.15) is 25.0 Å². The molecule has 4 aromatic rings. The van der Waals surface area contributed by atoms with Crippen molar-refractivity contribution in [1.29, 1.82) is 0 Å². The van der Waals surface area contributed by atoms with Gasteiger partial charge in [-0.1, -0.05) is 54.6 Å². The SMILES string of the molecule is O=C([O-])CC1CN(c2ccccc2)c2cc(NC(=O)CCN(C(=O)OCc3ccccc3)c3cccc[n+]3[O-])ccc2O1. The second kappa shape index (κ2) is 13.4. The Labute approximate surface area is 248 Å². The van der Waals surface area contributed by atoms with Gasteiger partial charge in [-0.25, -0.2) is 4.73 Å². The molecule has 3 aromatic carbocycles. The highest BCUT2D eigenvalue weighted by Gasteiger charge is 2.30. The van der Waals surface area contributed by atoms with Gasteiger partial charge in [0.25, 0.3) is 5.82 Å². The number of pyridine rings is 1. The number of carbonyl (C=O) groups excluding carboxylic acids is 3. The maximum atomic E-state index is 13.0. The zero-order valence-corrected chi connectivity index (χ0v) is 23.1. The third-order valence-electron chi connectivity index (χ3n) is 6.74. The number of hydrogen-bond donors (Lipinski definition) is 1. The topological polar surface area (TPSA) is 138 Å². The highest BCUT2D eigenvalue weighted by molar-refractivity contribution is 5.93. The summed E-state index contributed by atoms with van der Waals surface area (Å²) in [6.07, 6.45) is -0.511. The van der Waals surface area contributed by atoms with Crippen molar-refractivity contribution in [3.63, 3.8) is 0 Å². The molecule has 11 heteroatoms. The van der Waals surface area contributed by atoms with Crippen LogP contribution in [0.15, 0.2) is 103 Å². The number of rotatable bonds is 10. The molecular weight excluding hydrogens is 552 g/mol. The van der Waals surface area contributed by atoms with E-state index in [9.17, 15) is 24.7 Å². The van der Waals surface area contributed by atoms with Crippen LogP contribution in [-0.2, 0) is 20.9 Å². The van der Waals surface area contributed by atoms with E-state index in [4.69, 9.17) is 9.47 Å². The van der Waals surface area contributed by atoms with Crippen LogP contribution in [0.2, 0.25) is 0 Å². The van der Waals surface area contributed by atoms with E-state index in [0.717, 1.165) is 16.2 Å². The first-order valence-electron chi connectivity index (χ1n) is 13.7. The molecule has 1 unspecified atom stereocenters. The zero-order valence-electron chi connectivity index (χ0n) is 23.1. The van der Waals surface area contributed by atoms with E-state index in [2.05, 4.69) is 5.32 Å². The number of hydrogen-bond acceptors (Lipinski definition) is 8. The second-order valence-corrected chi connectivity index (χ2v) is 9.82. The standard InChI is InChI=1S/C32H30N4O7/c37-29(16-18-34(30-13-7-8-17-36(30)41)32(40)42-22-23-9-3-1-4-10-23)33-24-14-15-28-27(19-24)35(25-11-5-2-6-12-25)21-26(43-28)20-31(38)39/h1-15,17,19,26H,16,18,20-22H2,(H,33,37)(H,38,39)/p-1. The van der Waals surface area contributed by atoms with Crippen LogP contribution < -0.4 is 29.7 Å². The Balaban J connectivity index is 1.29. The normalized spacial score (nSPS) is 13.8. The average Bonchev–Trinajstić information content (AvgIpc) is 3.01. The van der Waals surface area contributed by atoms with Crippen molar-refractivity contribution >= 4 is 40.8 Å². The number of carboxylic acid groups (broad SMARTS) is 1. The summed E-state index contributed by atoms with van der Waals surface area (Å²) in [5.74, 6) is -1.10.